The minimum absolute atomic E-state index is 0.124. The Labute approximate surface area is 147 Å². The molecule has 26 heavy (non-hydrogen) atoms. The van der Waals surface area contributed by atoms with Crippen LogP contribution in [0.4, 0.5) is 19.0 Å². The van der Waals surface area contributed by atoms with Crippen molar-refractivity contribution in [2.75, 3.05) is 11.9 Å². The van der Waals surface area contributed by atoms with Gasteiger partial charge in [-0.2, -0.15) is 23.4 Å². The molecule has 8 nitrogen and oxygen atoms in total. The van der Waals surface area contributed by atoms with Gasteiger partial charge in [-0.3, -0.25) is 4.79 Å². The Morgan fingerprint density at radius 1 is 1.35 bits per heavy atom. The fourth-order valence-electron chi connectivity index (χ4n) is 3.50. The number of halogens is 3. The number of nitrogens with one attached hydrogen (secondary N) is 1. The number of carbonyl (C=O) groups excluding carboxylic acids is 1. The van der Waals surface area contributed by atoms with Gasteiger partial charge in [-0.05, 0) is 20.3 Å². The molecule has 0 spiro atoms. The van der Waals surface area contributed by atoms with Crippen LogP contribution in [0, 0.1) is 6.92 Å². The molecule has 0 aliphatic carbocycles. The first-order valence-corrected chi connectivity index (χ1v) is 8.34. The van der Waals surface area contributed by atoms with Gasteiger partial charge in [-0.1, -0.05) is 0 Å². The number of fused-ring (bicyclic) bond motifs is 2. The number of aromatic nitrogens is 5. The molecule has 0 bridgehead atoms. The predicted octanol–water partition coefficient (Wildman–Crippen LogP) is 1.75. The van der Waals surface area contributed by atoms with Gasteiger partial charge in [-0.15, -0.1) is 0 Å². The average molecular weight is 369 g/mol. The maximum Gasteiger partial charge on any atom is 0.410 e. The molecule has 1 amide bonds. The molecule has 0 radical (unpaired) electrons. The molecule has 11 heteroatoms. The average Bonchev–Trinajstić information content (AvgIpc) is 3.13. The van der Waals surface area contributed by atoms with E-state index >= 15 is 0 Å². The molecule has 0 saturated carbocycles. The van der Waals surface area contributed by atoms with Crippen LogP contribution in [0.5, 0.6) is 0 Å². The highest BCUT2D eigenvalue weighted by Gasteiger charge is 2.46. The van der Waals surface area contributed by atoms with E-state index in [0.717, 1.165) is 4.68 Å². The summed E-state index contributed by atoms with van der Waals surface area (Å²) in [6.45, 7) is 4.62. The summed E-state index contributed by atoms with van der Waals surface area (Å²) < 4.78 is 42.6. The standard InChI is InChI=1S/C15H18F3N7O/c1-8-5-11(15(16,17)18)25-13(20-8)10(6-19-25)14(26)23-3-4-24-12(7-23)21-9(2)22-24/h6,8,11,20H,3-5,7H2,1-2H3. The van der Waals surface area contributed by atoms with Gasteiger partial charge in [0.15, 0.2) is 6.04 Å². The molecule has 2 aliphatic rings. The molecule has 2 aromatic rings. The molecular formula is C15H18F3N7O. The van der Waals surface area contributed by atoms with Gasteiger partial charge >= 0.3 is 6.18 Å². The molecule has 4 rings (SSSR count). The third-order valence-corrected chi connectivity index (χ3v) is 4.71. The number of amides is 1. The lowest BCUT2D eigenvalue weighted by Crippen LogP contribution is -2.41. The van der Waals surface area contributed by atoms with Crippen molar-refractivity contribution in [3.63, 3.8) is 0 Å². The van der Waals surface area contributed by atoms with Crippen molar-refractivity contribution >= 4 is 11.7 Å². The summed E-state index contributed by atoms with van der Waals surface area (Å²) in [5.74, 6) is 1.05. The van der Waals surface area contributed by atoms with Crippen molar-refractivity contribution in [2.45, 2.75) is 51.6 Å². The molecule has 2 aliphatic heterocycles. The summed E-state index contributed by atoms with van der Waals surface area (Å²) in [6.07, 6.45) is -3.33. The van der Waals surface area contributed by atoms with Gasteiger partial charge in [0.25, 0.3) is 5.91 Å². The quantitative estimate of drug-likeness (QED) is 0.828. The van der Waals surface area contributed by atoms with E-state index in [9.17, 15) is 18.0 Å². The van der Waals surface area contributed by atoms with Crippen LogP contribution in [0.2, 0.25) is 0 Å². The number of alkyl halides is 3. The van der Waals surface area contributed by atoms with E-state index < -0.39 is 18.3 Å². The van der Waals surface area contributed by atoms with Crippen molar-refractivity contribution in [1.29, 1.82) is 0 Å². The van der Waals surface area contributed by atoms with Gasteiger partial charge in [0.05, 0.1) is 19.3 Å². The molecule has 2 atom stereocenters. The number of aryl methyl sites for hydroxylation is 1. The fourth-order valence-corrected chi connectivity index (χ4v) is 3.50. The Balaban J connectivity index is 1.63. The molecule has 0 aromatic carbocycles. The van der Waals surface area contributed by atoms with Gasteiger partial charge < -0.3 is 10.2 Å². The highest BCUT2D eigenvalue weighted by molar-refractivity contribution is 5.98. The third-order valence-electron chi connectivity index (χ3n) is 4.71. The zero-order chi connectivity index (χ0) is 18.6. The van der Waals surface area contributed by atoms with Crippen LogP contribution in [0.1, 0.15) is 41.4 Å². The van der Waals surface area contributed by atoms with Crippen LogP contribution >= 0.6 is 0 Å². The first-order chi connectivity index (χ1) is 12.2. The molecule has 1 N–H and O–H groups in total. The molecule has 0 saturated heterocycles. The van der Waals surface area contributed by atoms with E-state index in [1.165, 1.54) is 6.20 Å². The Kier molecular flexibility index (Phi) is 3.70. The van der Waals surface area contributed by atoms with Crippen LogP contribution in [0.3, 0.4) is 0 Å². The van der Waals surface area contributed by atoms with Crippen LogP contribution in [-0.2, 0) is 13.1 Å². The lowest BCUT2D eigenvalue weighted by Gasteiger charge is -2.32. The minimum atomic E-state index is -4.42. The molecule has 2 aromatic heterocycles. The van der Waals surface area contributed by atoms with E-state index in [2.05, 4.69) is 20.5 Å². The Bertz CT molecular complexity index is 856. The van der Waals surface area contributed by atoms with E-state index in [0.29, 0.717) is 24.7 Å². The van der Waals surface area contributed by atoms with E-state index in [-0.39, 0.29) is 30.3 Å². The number of carbonyl (C=O) groups is 1. The normalized spacial score (nSPS) is 22.6. The van der Waals surface area contributed by atoms with Crippen molar-refractivity contribution in [2.24, 2.45) is 0 Å². The van der Waals surface area contributed by atoms with Crippen molar-refractivity contribution in [3.05, 3.63) is 23.4 Å². The highest BCUT2D eigenvalue weighted by atomic mass is 19.4. The van der Waals surface area contributed by atoms with Gasteiger partial charge in [-0.25, -0.2) is 14.3 Å². The molecule has 4 heterocycles. The summed E-state index contributed by atoms with van der Waals surface area (Å²) in [6, 6.07) is -2.15. The van der Waals surface area contributed by atoms with E-state index in [1.807, 2.05) is 0 Å². The van der Waals surface area contributed by atoms with Gasteiger partial charge in [0.1, 0.15) is 23.0 Å². The highest BCUT2D eigenvalue weighted by Crippen LogP contribution is 2.40. The largest absolute Gasteiger partial charge is 0.410 e. The van der Waals surface area contributed by atoms with Crippen molar-refractivity contribution < 1.29 is 18.0 Å². The van der Waals surface area contributed by atoms with Crippen LogP contribution in [0.15, 0.2) is 6.20 Å². The number of anilines is 1. The predicted molar refractivity (Wildman–Crippen MR) is 84.5 cm³/mol. The van der Waals surface area contributed by atoms with Crippen molar-refractivity contribution in [3.8, 4) is 0 Å². The first-order valence-electron chi connectivity index (χ1n) is 8.34. The number of hydrogen-bond donors (Lipinski definition) is 1. The topological polar surface area (TPSA) is 80.9 Å². The maximum atomic E-state index is 13.3. The smallest absolute Gasteiger partial charge is 0.367 e. The summed E-state index contributed by atoms with van der Waals surface area (Å²) in [5, 5.41) is 11.1. The van der Waals surface area contributed by atoms with Gasteiger partial charge in [0, 0.05) is 12.6 Å². The second-order valence-electron chi connectivity index (χ2n) is 6.72. The summed E-state index contributed by atoms with van der Waals surface area (Å²) in [5.41, 5.74) is 0.149. The Morgan fingerprint density at radius 2 is 2.12 bits per heavy atom. The second kappa shape index (κ2) is 5.71. The number of hydrogen-bond acceptors (Lipinski definition) is 5. The molecule has 0 fully saturated rings. The Morgan fingerprint density at radius 3 is 2.85 bits per heavy atom. The summed E-state index contributed by atoms with van der Waals surface area (Å²) in [4.78, 5) is 18.7. The lowest BCUT2D eigenvalue weighted by molar-refractivity contribution is -0.173. The van der Waals surface area contributed by atoms with Crippen LogP contribution in [-0.4, -0.2) is 54.1 Å². The fraction of sp³-hybridized carbons (Fsp3) is 0.600. The van der Waals surface area contributed by atoms with E-state index in [1.54, 1.807) is 23.4 Å². The first kappa shape index (κ1) is 16.9. The van der Waals surface area contributed by atoms with Crippen molar-refractivity contribution in [1.82, 2.24) is 29.4 Å². The second-order valence-corrected chi connectivity index (χ2v) is 6.72. The molecule has 2 unspecified atom stereocenters. The van der Waals surface area contributed by atoms with Gasteiger partial charge in [0.2, 0.25) is 0 Å². The lowest BCUT2D eigenvalue weighted by atomic mass is 10.0. The maximum absolute atomic E-state index is 13.3. The monoisotopic (exact) mass is 369 g/mol. The van der Waals surface area contributed by atoms with Crippen LogP contribution in [0.25, 0.3) is 0 Å². The number of rotatable bonds is 1. The molecule has 140 valence electrons. The van der Waals surface area contributed by atoms with E-state index in [4.69, 9.17) is 0 Å². The molecular weight excluding hydrogens is 351 g/mol. The third kappa shape index (κ3) is 2.71. The number of nitrogens with zero attached hydrogens (tertiary/aromatic N) is 6. The summed E-state index contributed by atoms with van der Waals surface area (Å²) >= 11 is 0. The minimum Gasteiger partial charge on any atom is -0.367 e. The summed E-state index contributed by atoms with van der Waals surface area (Å²) in [7, 11) is 0. The SMILES string of the molecule is Cc1nc2n(n1)CCN(C(=O)c1cnn3c1NC(C)CC3C(F)(F)F)C2. The Hall–Kier alpha value is -2.59. The zero-order valence-electron chi connectivity index (χ0n) is 14.3. The van der Waals surface area contributed by atoms with Crippen LogP contribution < -0.4 is 5.32 Å². The zero-order valence-corrected chi connectivity index (χ0v) is 14.3.